The maximum atomic E-state index is 11.3. The number of allylic oxidation sites excluding steroid dienone is 1. The second-order valence-corrected chi connectivity index (χ2v) is 2.88. The number of nitrogens with zero attached hydrogens (tertiary/aromatic N) is 1. The fourth-order valence-corrected chi connectivity index (χ4v) is 1.26. The molecule has 1 N–H and O–H groups in total. The maximum absolute atomic E-state index is 11.3. The first-order chi connectivity index (χ1) is 5.65. The predicted octanol–water partition coefficient (Wildman–Crippen LogP) is 1.40. The van der Waals surface area contributed by atoms with Gasteiger partial charge in [-0.05, 0) is 19.1 Å². The number of aromatic amines is 1. The van der Waals surface area contributed by atoms with Crippen molar-refractivity contribution in [3.63, 3.8) is 0 Å². The highest BCUT2D eigenvalue weighted by Gasteiger charge is 1.95. The summed E-state index contributed by atoms with van der Waals surface area (Å²) in [7, 11) is 0. The van der Waals surface area contributed by atoms with E-state index in [-0.39, 0.29) is 5.56 Å². The fourth-order valence-electron chi connectivity index (χ4n) is 0.937. The molecule has 1 aromatic heterocycles. The second-order valence-electron chi connectivity index (χ2n) is 2.50. The first-order valence-corrected chi connectivity index (χ1v) is 3.97. The zero-order valence-electron chi connectivity index (χ0n) is 6.83. The van der Waals surface area contributed by atoms with Crippen LogP contribution in [0.5, 0.6) is 0 Å². The number of H-pyrrole nitrogens is 1. The van der Waals surface area contributed by atoms with Gasteiger partial charge in [-0.25, -0.2) is 0 Å². The van der Waals surface area contributed by atoms with E-state index < -0.39 is 0 Å². The van der Waals surface area contributed by atoms with Gasteiger partial charge in [0.25, 0.3) is 5.56 Å². The van der Waals surface area contributed by atoms with Crippen molar-refractivity contribution in [1.82, 2.24) is 9.55 Å². The van der Waals surface area contributed by atoms with Gasteiger partial charge in [0.2, 0.25) is 0 Å². The third-order valence-electron chi connectivity index (χ3n) is 1.47. The van der Waals surface area contributed by atoms with Gasteiger partial charge in [-0.3, -0.25) is 9.36 Å². The van der Waals surface area contributed by atoms with Crippen LogP contribution in [0, 0.1) is 11.7 Å². The molecule has 1 rings (SSSR count). The standard InChI is InChI=1S/C8H10N2OS/c1-3-4-10-7(11)5-6(2)9-8(10)12/h3,5H,1,4H2,2H3,(H,9,12). The molecule has 0 saturated heterocycles. The molecule has 64 valence electrons. The van der Waals surface area contributed by atoms with Crippen LogP contribution in [0.15, 0.2) is 23.5 Å². The van der Waals surface area contributed by atoms with Gasteiger partial charge in [-0.15, -0.1) is 6.58 Å². The fraction of sp³-hybridized carbons (Fsp3) is 0.250. The number of rotatable bonds is 2. The van der Waals surface area contributed by atoms with Gasteiger partial charge >= 0.3 is 0 Å². The molecule has 0 atom stereocenters. The van der Waals surface area contributed by atoms with Crippen LogP contribution in [0.4, 0.5) is 0 Å². The molecular weight excluding hydrogens is 172 g/mol. The lowest BCUT2D eigenvalue weighted by molar-refractivity contribution is 0.732. The van der Waals surface area contributed by atoms with Crippen LogP contribution < -0.4 is 5.56 Å². The Morgan fingerprint density at radius 2 is 2.50 bits per heavy atom. The van der Waals surface area contributed by atoms with E-state index in [1.807, 2.05) is 0 Å². The van der Waals surface area contributed by atoms with Crippen LogP contribution in [-0.2, 0) is 6.54 Å². The van der Waals surface area contributed by atoms with E-state index in [1.165, 1.54) is 10.6 Å². The van der Waals surface area contributed by atoms with E-state index in [0.29, 0.717) is 11.3 Å². The average molecular weight is 182 g/mol. The normalized spacial score (nSPS) is 9.75. The van der Waals surface area contributed by atoms with Crippen LogP contribution in [0.2, 0.25) is 0 Å². The molecule has 1 aromatic rings. The molecule has 0 aromatic carbocycles. The van der Waals surface area contributed by atoms with E-state index in [9.17, 15) is 4.79 Å². The summed E-state index contributed by atoms with van der Waals surface area (Å²) in [4.78, 5) is 14.2. The van der Waals surface area contributed by atoms with E-state index in [2.05, 4.69) is 11.6 Å². The predicted molar refractivity (Wildman–Crippen MR) is 50.8 cm³/mol. The van der Waals surface area contributed by atoms with Gasteiger partial charge in [0.05, 0.1) is 0 Å². The Bertz CT molecular complexity index is 371. The van der Waals surface area contributed by atoms with Gasteiger partial charge in [0.1, 0.15) is 0 Å². The van der Waals surface area contributed by atoms with Crippen molar-refractivity contribution in [2.75, 3.05) is 0 Å². The molecule has 0 unspecified atom stereocenters. The molecule has 0 aliphatic heterocycles. The van der Waals surface area contributed by atoms with Crippen molar-refractivity contribution in [2.45, 2.75) is 13.5 Å². The lowest BCUT2D eigenvalue weighted by Crippen LogP contribution is -2.20. The number of hydrogen-bond acceptors (Lipinski definition) is 2. The van der Waals surface area contributed by atoms with E-state index >= 15 is 0 Å². The van der Waals surface area contributed by atoms with Crippen LogP contribution in [-0.4, -0.2) is 9.55 Å². The van der Waals surface area contributed by atoms with Crippen molar-refractivity contribution in [1.29, 1.82) is 0 Å². The summed E-state index contributed by atoms with van der Waals surface area (Å²) in [6.45, 7) is 5.79. The minimum atomic E-state index is -0.0869. The van der Waals surface area contributed by atoms with E-state index in [4.69, 9.17) is 12.2 Å². The minimum Gasteiger partial charge on any atom is -0.336 e. The molecule has 0 saturated carbocycles. The van der Waals surface area contributed by atoms with E-state index in [0.717, 1.165) is 5.69 Å². The van der Waals surface area contributed by atoms with Gasteiger partial charge < -0.3 is 4.98 Å². The largest absolute Gasteiger partial charge is 0.336 e. The zero-order valence-corrected chi connectivity index (χ0v) is 7.65. The molecule has 0 bridgehead atoms. The summed E-state index contributed by atoms with van der Waals surface area (Å²) in [6.07, 6.45) is 1.64. The van der Waals surface area contributed by atoms with Crippen molar-refractivity contribution in [3.05, 3.63) is 39.5 Å². The monoisotopic (exact) mass is 182 g/mol. The smallest absolute Gasteiger partial charge is 0.254 e. The van der Waals surface area contributed by atoms with Crippen LogP contribution >= 0.6 is 12.2 Å². The highest BCUT2D eigenvalue weighted by atomic mass is 32.1. The molecular formula is C8H10N2OS. The van der Waals surface area contributed by atoms with Gasteiger partial charge in [-0.2, -0.15) is 0 Å². The molecule has 0 amide bonds. The number of nitrogens with one attached hydrogen (secondary N) is 1. The van der Waals surface area contributed by atoms with E-state index in [1.54, 1.807) is 13.0 Å². The van der Waals surface area contributed by atoms with Crippen LogP contribution in [0.25, 0.3) is 0 Å². The molecule has 0 aliphatic carbocycles. The van der Waals surface area contributed by atoms with Gasteiger partial charge in [-0.1, -0.05) is 6.08 Å². The maximum Gasteiger partial charge on any atom is 0.254 e. The first-order valence-electron chi connectivity index (χ1n) is 3.57. The Morgan fingerprint density at radius 1 is 1.83 bits per heavy atom. The Labute approximate surface area is 75.4 Å². The Morgan fingerprint density at radius 3 is 3.00 bits per heavy atom. The molecule has 0 radical (unpaired) electrons. The Hall–Kier alpha value is -1.16. The summed E-state index contributed by atoms with van der Waals surface area (Å²) in [5.41, 5.74) is 0.696. The Kier molecular flexibility index (Phi) is 2.60. The lowest BCUT2D eigenvalue weighted by atomic mass is 10.4. The third-order valence-corrected chi connectivity index (χ3v) is 1.79. The molecule has 0 spiro atoms. The zero-order chi connectivity index (χ0) is 9.14. The van der Waals surface area contributed by atoms with Crippen LogP contribution in [0.3, 0.4) is 0 Å². The molecule has 3 nitrogen and oxygen atoms in total. The quantitative estimate of drug-likeness (QED) is 0.554. The first kappa shape index (κ1) is 8.93. The minimum absolute atomic E-state index is 0.0869. The van der Waals surface area contributed by atoms with Crippen LogP contribution in [0.1, 0.15) is 5.69 Å². The SMILES string of the molecule is C=CCn1c(=O)cc(C)[nH]c1=S. The summed E-state index contributed by atoms with van der Waals surface area (Å²) in [5, 5.41) is 0. The van der Waals surface area contributed by atoms with Crippen molar-refractivity contribution < 1.29 is 0 Å². The summed E-state index contributed by atoms with van der Waals surface area (Å²) < 4.78 is 1.90. The second kappa shape index (κ2) is 3.49. The number of aryl methyl sites for hydroxylation is 1. The number of aromatic nitrogens is 2. The molecule has 0 fully saturated rings. The highest BCUT2D eigenvalue weighted by molar-refractivity contribution is 7.71. The average Bonchev–Trinajstić information content (AvgIpc) is 1.96. The summed E-state index contributed by atoms with van der Waals surface area (Å²) >= 11 is 4.95. The molecule has 0 aliphatic rings. The molecule has 4 heteroatoms. The topological polar surface area (TPSA) is 37.8 Å². The summed E-state index contributed by atoms with van der Waals surface area (Å²) in [6, 6.07) is 1.51. The summed E-state index contributed by atoms with van der Waals surface area (Å²) in [5.74, 6) is 0. The lowest BCUT2D eigenvalue weighted by Gasteiger charge is -2.01. The third kappa shape index (κ3) is 1.71. The molecule has 12 heavy (non-hydrogen) atoms. The van der Waals surface area contributed by atoms with Crippen molar-refractivity contribution >= 4 is 12.2 Å². The number of hydrogen-bond donors (Lipinski definition) is 1. The highest BCUT2D eigenvalue weighted by Crippen LogP contribution is 1.88. The molecule has 1 heterocycles. The van der Waals surface area contributed by atoms with Gasteiger partial charge in [0, 0.05) is 18.3 Å². The Balaban J connectivity index is 3.38. The van der Waals surface area contributed by atoms with Crippen molar-refractivity contribution in [3.8, 4) is 0 Å². The van der Waals surface area contributed by atoms with Gasteiger partial charge in [0.15, 0.2) is 4.77 Å². The van der Waals surface area contributed by atoms with Crippen molar-refractivity contribution in [2.24, 2.45) is 0 Å².